The zero-order valence-electron chi connectivity index (χ0n) is 16.6. The van der Waals surface area contributed by atoms with Crippen molar-refractivity contribution in [2.45, 2.75) is 13.0 Å². The minimum absolute atomic E-state index is 0.0160. The molecule has 1 aromatic heterocycles. The lowest BCUT2D eigenvalue weighted by atomic mass is 10.1. The van der Waals surface area contributed by atoms with E-state index in [2.05, 4.69) is 15.5 Å². The second kappa shape index (κ2) is 9.36. The number of hydrogen-bond donors (Lipinski definition) is 1. The third kappa shape index (κ3) is 5.43. The number of ether oxygens (including phenoxy) is 2. The highest BCUT2D eigenvalue weighted by atomic mass is 19.1. The minimum Gasteiger partial charge on any atom is -0.493 e. The lowest BCUT2D eigenvalue weighted by molar-refractivity contribution is -0.115. The Morgan fingerprint density at radius 3 is 2.71 bits per heavy atom. The van der Waals surface area contributed by atoms with Crippen LogP contribution in [0.4, 0.5) is 10.2 Å². The number of benzene rings is 2. The van der Waals surface area contributed by atoms with Crippen LogP contribution in [0.15, 0.2) is 48.7 Å². The summed E-state index contributed by atoms with van der Waals surface area (Å²) in [5, 5.41) is 19.8. The van der Waals surface area contributed by atoms with Crippen LogP contribution in [0, 0.1) is 23.1 Å². The molecule has 3 aromatic rings. The molecule has 9 heteroatoms. The molecule has 4 rings (SSSR count). The molecule has 1 aliphatic rings. The number of nitriles is 1. The third-order valence-corrected chi connectivity index (χ3v) is 4.76. The minimum atomic E-state index is -0.589. The van der Waals surface area contributed by atoms with Crippen molar-refractivity contribution in [1.82, 2.24) is 15.0 Å². The van der Waals surface area contributed by atoms with Gasteiger partial charge in [-0.3, -0.25) is 4.79 Å². The molecule has 158 valence electrons. The molecule has 0 bridgehead atoms. The summed E-state index contributed by atoms with van der Waals surface area (Å²) >= 11 is 0. The molecule has 1 amide bonds. The standard InChI is InChI=1S/C22H20FN5O3/c23-20-7-16(1-4-18(20)9-24)11-28-25-10-21(27-28)26-22(29)8-15-2-5-19(6-3-15)31-14-17-12-30-13-17/h1-7,10,17H,8,11-14H2,(H,26,27,29). The van der Waals surface area contributed by atoms with Crippen molar-refractivity contribution in [3.63, 3.8) is 0 Å². The smallest absolute Gasteiger partial charge is 0.230 e. The number of nitrogens with zero attached hydrogens (tertiary/aromatic N) is 4. The molecule has 0 spiro atoms. The van der Waals surface area contributed by atoms with Crippen molar-refractivity contribution >= 4 is 11.7 Å². The average molecular weight is 421 g/mol. The average Bonchev–Trinajstić information content (AvgIpc) is 3.15. The number of hydrogen-bond acceptors (Lipinski definition) is 6. The number of rotatable bonds is 8. The fourth-order valence-electron chi connectivity index (χ4n) is 3.01. The first-order chi connectivity index (χ1) is 15.1. The monoisotopic (exact) mass is 421 g/mol. The molecular formula is C22H20FN5O3. The number of aromatic nitrogens is 3. The second-order valence-corrected chi connectivity index (χ2v) is 7.27. The number of amides is 1. The van der Waals surface area contributed by atoms with E-state index in [0.29, 0.717) is 23.9 Å². The van der Waals surface area contributed by atoms with Gasteiger partial charge < -0.3 is 14.8 Å². The predicted octanol–water partition coefficient (Wildman–Crippen LogP) is 2.54. The molecule has 0 saturated carbocycles. The van der Waals surface area contributed by atoms with Crippen molar-refractivity contribution in [3.8, 4) is 11.8 Å². The summed E-state index contributed by atoms with van der Waals surface area (Å²) in [4.78, 5) is 13.6. The van der Waals surface area contributed by atoms with E-state index >= 15 is 0 Å². The van der Waals surface area contributed by atoms with Gasteiger partial charge in [0, 0.05) is 5.92 Å². The van der Waals surface area contributed by atoms with Gasteiger partial charge in [0.2, 0.25) is 5.91 Å². The van der Waals surface area contributed by atoms with Gasteiger partial charge >= 0.3 is 0 Å². The Bertz CT molecular complexity index is 1100. The van der Waals surface area contributed by atoms with Gasteiger partial charge in [0.15, 0.2) is 5.82 Å². The molecule has 0 aliphatic carbocycles. The van der Waals surface area contributed by atoms with Gasteiger partial charge in [-0.2, -0.15) is 15.2 Å². The van der Waals surface area contributed by atoms with Gasteiger partial charge in [-0.15, -0.1) is 5.10 Å². The molecule has 1 saturated heterocycles. The maximum Gasteiger partial charge on any atom is 0.230 e. The third-order valence-electron chi connectivity index (χ3n) is 4.76. The Morgan fingerprint density at radius 2 is 2.03 bits per heavy atom. The maximum atomic E-state index is 13.7. The van der Waals surface area contributed by atoms with Gasteiger partial charge in [0.25, 0.3) is 0 Å². The van der Waals surface area contributed by atoms with Crippen LogP contribution in [-0.4, -0.2) is 40.7 Å². The quantitative estimate of drug-likeness (QED) is 0.600. The maximum absolute atomic E-state index is 13.7. The largest absolute Gasteiger partial charge is 0.493 e. The first kappa shape index (κ1) is 20.5. The first-order valence-electron chi connectivity index (χ1n) is 9.77. The molecular weight excluding hydrogens is 401 g/mol. The van der Waals surface area contributed by atoms with Crippen molar-refractivity contribution in [3.05, 3.63) is 71.2 Å². The number of carbonyl (C=O) groups excluding carboxylic acids is 1. The lowest BCUT2D eigenvalue weighted by Gasteiger charge is -2.25. The van der Waals surface area contributed by atoms with E-state index < -0.39 is 5.82 Å². The molecule has 0 atom stereocenters. The van der Waals surface area contributed by atoms with Crippen LogP contribution < -0.4 is 10.1 Å². The summed E-state index contributed by atoms with van der Waals surface area (Å²) in [5.74, 6) is 0.709. The van der Waals surface area contributed by atoms with E-state index in [1.165, 1.54) is 23.1 Å². The highest BCUT2D eigenvalue weighted by Crippen LogP contribution is 2.17. The first-order valence-corrected chi connectivity index (χ1v) is 9.77. The summed E-state index contributed by atoms with van der Waals surface area (Å²) in [6, 6.07) is 13.5. The van der Waals surface area contributed by atoms with Gasteiger partial charge in [0.05, 0.1) is 44.5 Å². The van der Waals surface area contributed by atoms with Crippen LogP contribution in [0.25, 0.3) is 0 Å². The van der Waals surface area contributed by atoms with Gasteiger partial charge in [-0.05, 0) is 35.4 Å². The SMILES string of the molecule is N#Cc1ccc(Cn2ncc(NC(=O)Cc3ccc(OCC4COC4)cc3)n2)cc1F. The van der Waals surface area contributed by atoms with E-state index in [0.717, 1.165) is 24.5 Å². The summed E-state index contributed by atoms with van der Waals surface area (Å²) in [5.41, 5.74) is 1.44. The van der Waals surface area contributed by atoms with Crippen LogP contribution in [0.5, 0.6) is 5.75 Å². The van der Waals surface area contributed by atoms with Crippen LogP contribution in [-0.2, 0) is 22.5 Å². The molecule has 0 unspecified atom stereocenters. The molecule has 2 aromatic carbocycles. The van der Waals surface area contributed by atoms with Crippen LogP contribution >= 0.6 is 0 Å². The molecule has 1 N–H and O–H groups in total. The lowest BCUT2D eigenvalue weighted by Crippen LogP contribution is -2.32. The van der Waals surface area contributed by atoms with E-state index in [1.807, 2.05) is 24.3 Å². The van der Waals surface area contributed by atoms with Gasteiger partial charge in [-0.25, -0.2) is 4.39 Å². The Balaban J connectivity index is 1.27. The summed E-state index contributed by atoms with van der Waals surface area (Å²) in [6.45, 7) is 2.33. The van der Waals surface area contributed by atoms with Crippen molar-refractivity contribution in [2.75, 3.05) is 25.1 Å². The number of nitrogens with one attached hydrogen (secondary N) is 1. The Labute approximate surface area is 178 Å². The molecule has 8 nitrogen and oxygen atoms in total. The Kier molecular flexibility index (Phi) is 6.19. The number of halogens is 1. The van der Waals surface area contributed by atoms with E-state index in [1.54, 1.807) is 12.1 Å². The van der Waals surface area contributed by atoms with Crippen molar-refractivity contribution < 1.29 is 18.7 Å². The normalized spacial score (nSPS) is 13.3. The van der Waals surface area contributed by atoms with Gasteiger partial charge in [-0.1, -0.05) is 18.2 Å². The molecule has 31 heavy (non-hydrogen) atoms. The highest BCUT2D eigenvalue weighted by Gasteiger charge is 2.18. The summed E-state index contributed by atoms with van der Waals surface area (Å²) in [7, 11) is 0. The zero-order valence-corrected chi connectivity index (χ0v) is 16.6. The summed E-state index contributed by atoms with van der Waals surface area (Å²) < 4.78 is 24.5. The molecule has 0 radical (unpaired) electrons. The fourth-order valence-corrected chi connectivity index (χ4v) is 3.01. The van der Waals surface area contributed by atoms with E-state index in [4.69, 9.17) is 14.7 Å². The topological polar surface area (TPSA) is 102 Å². The van der Waals surface area contributed by atoms with E-state index in [9.17, 15) is 9.18 Å². The Morgan fingerprint density at radius 1 is 1.26 bits per heavy atom. The van der Waals surface area contributed by atoms with Crippen LogP contribution in [0.2, 0.25) is 0 Å². The van der Waals surface area contributed by atoms with Crippen molar-refractivity contribution in [2.24, 2.45) is 5.92 Å². The van der Waals surface area contributed by atoms with E-state index in [-0.39, 0.29) is 24.4 Å². The molecule has 2 heterocycles. The fraction of sp³-hybridized carbons (Fsp3) is 0.273. The van der Waals surface area contributed by atoms with Crippen molar-refractivity contribution in [1.29, 1.82) is 5.26 Å². The van der Waals surface area contributed by atoms with Crippen LogP contribution in [0.1, 0.15) is 16.7 Å². The zero-order chi connectivity index (χ0) is 21.6. The Hall–Kier alpha value is -3.77. The number of carbonyl (C=O) groups is 1. The summed E-state index contributed by atoms with van der Waals surface area (Å²) in [6.07, 6.45) is 1.61. The second-order valence-electron chi connectivity index (χ2n) is 7.27. The molecule has 1 aliphatic heterocycles. The predicted molar refractivity (Wildman–Crippen MR) is 109 cm³/mol. The number of anilines is 1. The van der Waals surface area contributed by atoms with Crippen LogP contribution in [0.3, 0.4) is 0 Å². The highest BCUT2D eigenvalue weighted by molar-refractivity contribution is 5.91. The van der Waals surface area contributed by atoms with Gasteiger partial charge in [0.1, 0.15) is 17.6 Å². The molecule has 1 fully saturated rings.